The van der Waals surface area contributed by atoms with Crippen LogP contribution in [-0.4, -0.2) is 25.7 Å². The van der Waals surface area contributed by atoms with E-state index < -0.39 is 5.41 Å². The highest BCUT2D eigenvalue weighted by atomic mass is 16.7. The summed E-state index contributed by atoms with van der Waals surface area (Å²) in [6, 6.07) is 19.2. The number of fused-ring (bicyclic) bond motifs is 1. The zero-order valence-corrected chi connectivity index (χ0v) is 18.0. The van der Waals surface area contributed by atoms with Gasteiger partial charge >= 0.3 is 0 Å². The molecule has 0 atom stereocenters. The molecule has 0 spiro atoms. The lowest BCUT2D eigenvalue weighted by Gasteiger charge is -2.18. The van der Waals surface area contributed by atoms with Crippen LogP contribution in [-0.2, 0) is 10.2 Å². The molecule has 3 aromatic rings. The molecule has 0 saturated heterocycles. The zero-order chi connectivity index (χ0) is 22.3. The number of ether oxygens (including phenoxy) is 2. The van der Waals surface area contributed by atoms with Gasteiger partial charge in [0.25, 0.3) is 5.91 Å². The Balaban J connectivity index is 1.38. The number of aryl methyl sites for hydroxylation is 1. The SMILES string of the molecule is CNC(=O)c1ccc(-c2ccc(C)c(NC(=O)C3(c4ccc5c(c4)OCO5)CC3)c2)cc1. The van der Waals surface area contributed by atoms with Crippen LogP contribution in [0.1, 0.15) is 34.3 Å². The van der Waals surface area contributed by atoms with Crippen molar-refractivity contribution in [2.24, 2.45) is 0 Å². The molecule has 32 heavy (non-hydrogen) atoms. The van der Waals surface area contributed by atoms with E-state index in [0.29, 0.717) is 11.3 Å². The Morgan fingerprint density at radius 3 is 2.31 bits per heavy atom. The fourth-order valence-corrected chi connectivity index (χ4v) is 4.10. The van der Waals surface area contributed by atoms with Gasteiger partial charge in [-0.05, 0) is 72.4 Å². The number of hydrogen-bond donors (Lipinski definition) is 2. The van der Waals surface area contributed by atoms with E-state index >= 15 is 0 Å². The van der Waals surface area contributed by atoms with Gasteiger partial charge < -0.3 is 20.1 Å². The first-order valence-corrected chi connectivity index (χ1v) is 10.6. The minimum Gasteiger partial charge on any atom is -0.454 e. The quantitative estimate of drug-likeness (QED) is 0.631. The number of benzene rings is 3. The lowest BCUT2D eigenvalue weighted by molar-refractivity contribution is -0.118. The molecule has 1 aliphatic heterocycles. The van der Waals surface area contributed by atoms with Gasteiger partial charge in [-0.25, -0.2) is 0 Å². The Labute approximate surface area is 186 Å². The number of hydrogen-bond acceptors (Lipinski definition) is 4. The van der Waals surface area contributed by atoms with Crippen molar-refractivity contribution >= 4 is 17.5 Å². The van der Waals surface area contributed by atoms with Crippen LogP contribution >= 0.6 is 0 Å². The summed E-state index contributed by atoms with van der Waals surface area (Å²) in [6.07, 6.45) is 1.61. The first-order valence-electron chi connectivity index (χ1n) is 10.6. The van der Waals surface area contributed by atoms with Crippen LogP contribution in [0.4, 0.5) is 5.69 Å². The minimum atomic E-state index is -0.529. The molecule has 0 radical (unpaired) electrons. The fourth-order valence-electron chi connectivity index (χ4n) is 4.10. The standard InChI is InChI=1S/C26H24N2O4/c1-16-3-4-19(17-5-7-18(8-6-17)24(29)27-2)13-21(16)28-25(30)26(11-12-26)20-9-10-22-23(14-20)32-15-31-22/h3-10,13-14H,11-12,15H2,1-2H3,(H,27,29)(H,28,30). The number of carbonyl (C=O) groups excluding carboxylic acids is 2. The average molecular weight is 428 g/mol. The molecule has 0 unspecified atom stereocenters. The van der Waals surface area contributed by atoms with Crippen molar-refractivity contribution in [3.8, 4) is 22.6 Å². The molecular formula is C26H24N2O4. The van der Waals surface area contributed by atoms with Crippen LogP contribution < -0.4 is 20.1 Å². The summed E-state index contributed by atoms with van der Waals surface area (Å²) >= 11 is 0. The van der Waals surface area contributed by atoms with E-state index in [2.05, 4.69) is 10.6 Å². The lowest BCUT2D eigenvalue weighted by atomic mass is 9.94. The first-order chi connectivity index (χ1) is 15.5. The first kappa shape index (κ1) is 20.1. The van der Waals surface area contributed by atoms with Gasteiger partial charge in [0.2, 0.25) is 12.7 Å². The summed E-state index contributed by atoms with van der Waals surface area (Å²) < 4.78 is 10.9. The summed E-state index contributed by atoms with van der Waals surface area (Å²) in [5.74, 6) is 1.29. The van der Waals surface area contributed by atoms with Gasteiger partial charge in [0.05, 0.1) is 5.41 Å². The maximum Gasteiger partial charge on any atom is 0.251 e. The second-order valence-corrected chi connectivity index (χ2v) is 8.29. The van der Waals surface area contributed by atoms with Crippen LogP contribution in [0.3, 0.4) is 0 Å². The largest absolute Gasteiger partial charge is 0.454 e. The van der Waals surface area contributed by atoms with Crippen molar-refractivity contribution in [3.05, 3.63) is 77.4 Å². The molecule has 1 aliphatic carbocycles. The molecule has 2 amide bonds. The second kappa shape index (κ2) is 7.71. The van der Waals surface area contributed by atoms with Gasteiger partial charge in [-0.3, -0.25) is 9.59 Å². The molecule has 6 heteroatoms. The second-order valence-electron chi connectivity index (χ2n) is 8.29. The van der Waals surface area contributed by atoms with E-state index in [-0.39, 0.29) is 18.6 Å². The number of amides is 2. The predicted octanol–water partition coefficient (Wildman–Crippen LogP) is 4.42. The van der Waals surface area contributed by atoms with Crippen molar-refractivity contribution in [3.63, 3.8) is 0 Å². The minimum absolute atomic E-state index is 0.00780. The Bertz CT molecular complexity index is 1210. The van der Waals surface area contributed by atoms with Gasteiger partial charge in [-0.15, -0.1) is 0 Å². The normalized spacial score (nSPS) is 15.2. The maximum absolute atomic E-state index is 13.3. The topological polar surface area (TPSA) is 76.7 Å². The van der Waals surface area contributed by atoms with Crippen LogP contribution in [0, 0.1) is 6.92 Å². The maximum atomic E-state index is 13.3. The fraction of sp³-hybridized carbons (Fsp3) is 0.231. The van der Waals surface area contributed by atoms with Crippen molar-refractivity contribution in [1.29, 1.82) is 0 Å². The zero-order valence-electron chi connectivity index (χ0n) is 18.0. The highest BCUT2D eigenvalue weighted by Gasteiger charge is 2.51. The third-order valence-corrected chi connectivity index (χ3v) is 6.30. The lowest BCUT2D eigenvalue weighted by Crippen LogP contribution is -2.28. The van der Waals surface area contributed by atoms with E-state index in [4.69, 9.17) is 9.47 Å². The van der Waals surface area contributed by atoms with Crippen molar-refractivity contribution in [1.82, 2.24) is 5.32 Å². The predicted molar refractivity (Wildman–Crippen MR) is 122 cm³/mol. The van der Waals surface area contributed by atoms with E-state index in [9.17, 15) is 9.59 Å². The molecule has 162 valence electrons. The van der Waals surface area contributed by atoms with Gasteiger partial charge in [-0.2, -0.15) is 0 Å². The molecule has 3 aromatic carbocycles. The third-order valence-electron chi connectivity index (χ3n) is 6.30. The van der Waals surface area contributed by atoms with Gasteiger partial charge in [-0.1, -0.05) is 30.3 Å². The molecule has 1 heterocycles. The molecule has 2 N–H and O–H groups in total. The Morgan fingerprint density at radius 1 is 0.875 bits per heavy atom. The molecule has 1 saturated carbocycles. The van der Waals surface area contributed by atoms with Crippen molar-refractivity contribution < 1.29 is 19.1 Å². The smallest absolute Gasteiger partial charge is 0.251 e. The number of nitrogens with one attached hydrogen (secondary N) is 2. The number of rotatable bonds is 5. The molecular weight excluding hydrogens is 404 g/mol. The number of anilines is 1. The number of carbonyl (C=O) groups is 2. The van der Waals surface area contributed by atoms with Crippen molar-refractivity contribution in [2.75, 3.05) is 19.2 Å². The van der Waals surface area contributed by atoms with Crippen LogP contribution in [0.2, 0.25) is 0 Å². The summed E-state index contributed by atoms with van der Waals surface area (Å²) in [4.78, 5) is 25.1. The molecule has 5 rings (SSSR count). The summed E-state index contributed by atoms with van der Waals surface area (Å²) in [5.41, 5.74) is 4.76. The molecule has 1 fully saturated rings. The summed E-state index contributed by atoms with van der Waals surface area (Å²) in [7, 11) is 1.61. The Hall–Kier alpha value is -3.80. The Kier molecular flexibility index (Phi) is 4.85. The molecule has 6 nitrogen and oxygen atoms in total. The molecule has 0 bridgehead atoms. The van der Waals surface area contributed by atoms with Gasteiger partial charge in [0.1, 0.15) is 0 Å². The van der Waals surface area contributed by atoms with E-state index in [0.717, 1.165) is 46.5 Å². The third kappa shape index (κ3) is 3.47. The molecule has 0 aromatic heterocycles. The summed E-state index contributed by atoms with van der Waals surface area (Å²) in [5, 5.41) is 5.78. The highest BCUT2D eigenvalue weighted by Crippen LogP contribution is 2.51. The van der Waals surface area contributed by atoms with E-state index in [1.54, 1.807) is 19.2 Å². The van der Waals surface area contributed by atoms with Gasteiger partial charge in [0.15, 0.2) is 11.5 Å². The van der Waals surface area contributed by atoms with Gasteiger partial charge in [0, 0.05) is 18.3 Å². The molecule has 2 aliphatic rings. The monoisotopic (exact) mass is 428 g/mol. The van der Waals surface area contributed by atoms with Crippen LogP contribution in [0.25, 0.3) is 11.1 Å². The Morgan fingerprint density at radius 2 is 1.59 bits per heavy atom. The van der Waals surface area contributed by atoms with Crippen LogP contribution in [0.5, 0.6) is 11.5 Å². The van der Waals surface area contributed by atoms with E-state index in [1.165, 1.54) is 0 Å². The summed E-state index contributed by atoms with van der Waals surface area (Å²) in [6.45, 7) is 2.20. The average Bonchev–Trinajstić information content (AvgIpc) is 3.51. The highest BCUT2D eigenvalue weighted by molar-refractivity contribution is 6.02. The van der Waals surface area contributed by atoms with Crippen molar-refractivity contribution in [2.45, 2.75) is 25.2 Å². The van der Waals surface area contributed by atoms with Crippen LogP contribution in [0.15, 0.2) is 60.7 Å². The van der Waals surface area contributed by atoms with E-state index in [1.807, 2.05) is 55.5 Å².